The molecule has 7 heteroatoms. The van der Waals surface area contributed by atoms with Gasteiger partial charge in [-0.2, -0.15) is 0 Å². The molecule has 0 radical (unpaired) electrons. The van der Waals surface area contributed by atoms with Crippen LogP contribution in [0.15, 0.2) is 42.5 Å². The number of aryl methyl sites for hydroxylation is 2. The third-order valence-corrected chi connectivity index (χ3v) is 6.25. The van der Waals surface area contributed by atoms with E-state index in [2.05, 4.69) is 18.4 Å². The summed E-state index contributed by atoms with van der Waals surface area (Å²) in [4.78, 5) is 19.0. The number of fused-ring (bicyclic) bond motifs is 1. The molecule has 0 spiro atoms. The number of nitrogens with two attached hydrogens (primary N) is 1. The van der Waals surface area contributed by atoms with Crippen molar-refractivity contribution in [2.24, 2.45) is 5.73 Å². The number of carbonyl (C=O) groups excluding carboxylic acids is 1. The lowest BCUT2D eigenvalue weighted by atomic mass is 9.98. The van der Waals surface area contributed by atoms with Crippen LogP contribution in [0.2, 0.25) is 0 Å². The maximum absolute atomic E-state index is 14.1. The van der Waals surface area contributed by atoms with Gasteiger partial charge in [0.2, 0.25) is 5.91 Å². The highest BCUT2D eigenvalue weighted by atomic mass is 19.1. The molecule has 182 valence electrons. The number of hydrogen-bond donors (Lipinski definition) is 1. The van der Waals surface area contributed by atoms with Gasteiger partial charge in [-0.3, -0.25) is 4.79 Å². The van der Waals surface area contributed by atoms with Gasteiger partial charge in [-0.25, -0.2) is 13.8 Å². The topological polar surface area (TPSA) is 64.2 Å². The molecule has 3 aromatic rings. The molecule has 0 aliphatic carbocycles. The molecule has 0 unspecified atom stereocenters. The van der Waals surface area contributed by atoms with E-state index in [1.54, 1.807) is 36.1 Å². The van der Waals surface area contributed by atoms with E-state index in [1.807, 2.05) is 26.8 Å². The molecule has 0 saturated carbocycles. The van der Waals surface area contributed by atoms with Gasteiger partial charge < -0.3 is 15.2 Å². The van der Waals surface area contributed by atoms with Crippen LogP contribution in [-0.2, 0) is 16.9 Å². The highest BCUT2D eigenvalue weighted by molar-refractivity contribution is 5.79. The summed E-state index contributed by atoms with van der Waals surface area (Å²) < 4.78 is 28.4. The Hall–Kier alpha value is -3.06. The predicted molar refractivity (Wildman–Crippen MR) is 131 cm³/mol. The third-order valence-electron chi connectivity index (χ3n) is 6.25. The van der Waals surface area contributed by atoms with Crippen molar-refractivity contribution >= 4 is 5.91 Å². The number of imidazole rings is 1. The fourth-order valence-corrected chi connectivity index (χ4v) is 4.38. The molecular formula is C27H34F2N4O. The number of nitrogens with zero attached hydrogens (tertiary/aromatic N) is 3. The molecule has 0 atom stereocenters. The van der Waals surface area contributed by atoms with E-state index in [0.29, 0.717) is 18.7 Å². The van der Waals surface area contributed by atoms with Crippen molar-refractivity contribution in [1.82, 2.24) is 14.5 Å². The van der Waals surface area contributed by atoms with Crippen LogP contribution in [0.5, 0.6) is 0 Å². The fourth-order valence-electron chi connectivity index (χ4n) is 4.38. The first-order chi connectivity index (χ1) is 16.0. The SMILES string of the molecule is Cc1ccc(-c2nc3n(c2C(C)C)CCN(C(=O)CN)C3(C)C)cc1F.Cc1ccc(F)cc1. The molecule has 2 aromatic carbocycles. The Morgan fingerprint density at radius 1 is 1.09 bits per heavy atom. The van der Waals surface area contributed by atoms with Gasteiger partial charge in [0.1, 0.15) is 17.5 Å². The second kappa shape index (κ2) is 10.1. The maximum Gasteiger partial charge on any atom is 0.237 e. The summed E-state index contributed by atoms with van der Waals surface area (Å²) in [6, 6.07) is 11.6. The largest absolute Gasteiger partial charge is 0.327 e. The predicted octanol–water partition coefficient (Wildman–Crippen LogP) is 5.29. The third kappa shape index (κ3) is 5.04. The lowest BCUT2D eigenvalue weighted by Gasteiger charge is -2.42. The quantitative estimate of drug-likeness (QED) is 0.568. The Morgan fingerprint density at radius 3 is 2.26 bits per heavy atom. The highest BCUT2D eigenvalue weighted by Crippen LogP contribution is 2.38. The molecule has 0 fully saturated rings. The van der Waals surface area contributed by atoms with Crippen LogP contribution >= 0.6 is 0 Å². The van der Waals surface area contributed by atoms with E-state index in [4.69, 9.17) is 10.7 Å². The van der Waals surface area contributed by atoms with Crippen molar-refractivity contribution in [3.05, 3.63) is 76.7 Å². The van der Waals surface area contributed by atoms with Gasteiger partial charge in [0, 0.05) is 24.3 Å². The first-order valence-corrected chi connectivity index (χ1v) is 11.6. The van der Waals surface area contributed by atoms with E-state index < -0.39 is 5.54 Å². The van der Waals surface area contributed by atoms with Gasteiger partial charge in [-0.15, -0.1) is 0 Å². The van der Waals surface area contributed by atoms with Crippen LogP contribution in [0.25, 0.3) is 11.3 Å². The molecule has 1 aliphatic heterocycles. The zero-order valence-electron chi connectivity index (χ0n) is 20.8. The molecule has 0 saturated heterocycles. The summed E-state index contributed by atoms with van der Waals surface area (Å²) in [7, 11) is 0. The number of aromatic nitrogens is 2. The number of benzene rings is 2. The Labute approximate surface area is 200 Å². The Kier molecular flexibility index (Phi) is 7.56. The molecule has 2 N–H and O–H groups in total. The normalized spacial score (nSPS) is 14.5. The van der Waals surface area contributed by atoms with Crippen molar-refractivity contribution in [3.63, 3.8) is 0 Å². The van der Waals surface area contributed by atoms with Crippen LogP contribution in [0, 0.1) is 25.5 Å². The number of halogens is 2. The summed E-state index contributed by atoms with van der Waals surface area (Å²) >= 11 is 0. The Balaban J connectivity index is 0.000000343. The van der Waals surface area contributed by atoms with Crippen LogP contribution in [-0.4, -0.2) is 33.4 Å². The number of carbonyl (C=O) groups is 1. The molecule has 1 amide bonds. The minimum absolute atomic E-state index is 0.0167. The van der Waals surface area contributed by atoms with Gasteiger partial charge in [0.25, 0.3) is 0 Å². The molecule has 5 nitrogen and oxygen atoms in total. The molecule has 4 rings (SSSR count). The standard InChI is InChI=1S/C20H27FN4O.C7H7F/c1-12(2)18-17(14-7-6-13(3)15(21)10-14)23-19-20(4,5)25(16(26)11-22)9-8-24(18)19;1-6-2-4-7(8)5-3-6/h6-7,10,12H,8-9,11,22H2,1-5H3;2-5H,1H3. The summed E-state index contributed by atoms with van der Waals surface area (Å²) in [5.74, 6) is 0.560. The van der Waals surface area contributed by atoms with Crippen molar-refractivity contribution in [1.29, 1.82) is 0 Å². The van der Waals surface area contributed by atoms with Gasteiger partial charge in [-0.1, -0.05) is 43.7 Å². The maximum atomic E-state index is 14.1. The summed E-state index contributed by atoms with van der Waals surface area (Å²) in [5.41, 5.74) is 9.37. The average molecular weight is 469 g/mol. The molecule has 2 heterocycles. The fraction of sp³-hybridized carbons (Fsp3) is 0.407. The summed E-state index contributed by atoms with van der Waals surface area (Å²) in [6.07, 6.45) is 0. The Morgan fingerprint density at radius 2 is 1.74 bits per heavy atom. The van der Waals surface area contributed by atoms with Crippen molar-refractivity contribution in [2.45, 2.75) is 59.5 Å². The van der Waals surface area contributed by atoms with Crippen molar-refractivity contribution < 1.29 is 13.6 Å². The van der Waals surface area contributed by atoms with Crippen LogP contribution in [0.3, 0.4) is 0 Å². The smallest absolute Gasteiger partial charge is 0.237 e. The number of hydrogen-bond acceptors (Lipinski definition) is 3. The van der Waals surface area contributed by atoms with Gasteiger partial charge in [0.05, 0.1) is 17.8 Å². The zero-order valence-corrected chi connectivity index (χ0v) is 20.8. The molecule has 1 aromatic heterocycles. The summed E-state index contributed by atoms with van der Waals surface area (Å²) in [6.45, 7) is 13.1. The van der Waals surface area contributed by atoms with Crippen molar-refractivity contribution in [3.8, 4) is 11.3 Å². The molecule has 0 bridgehead atoms. The monoisotopic (exact) mass is 468 g/mol. The van der Waals surface area contributed by atoms with E-state index in [9.17, 15) is 13.6 Å². The minimum atomic E-state index is -0.570. The molecular weight excluding hydrogens is 434 g/mol. The highest BCUT2D eigenvalue weighted by Gasteiger charge is 2.41. The van der Waals surface area contributed by atoms with E-state index >= 15 is 0 Å². The van der Waals surface area contributed by atoms with Gasteiger partial charge in [0.15, 0.2) is 0 Å². The lowest BCUT2D eigenvalue weighted by Crippen LogP contribution is -2.53. The first-order valence-electron chi connectivity index (χ1n) is 11.6. The number of amides is 1. The first kappa shape index (κ1) is 25.6. The number of rotatable bonds is 3. The van der Waals surface area contributed by atoms with Crippen LogP contribution < -0.4 is 5.73 Å². The van der Waals surface area contributed by atoms with Gasteiger partial charge in [-0.05, 0) is 57.4 Å². The second-order valence-electron chi connectivity index (χ2n) is 9.54. The average Bonchev–Trinajstić information content (AvgIpc) is 3.19. The van der Waals surface area contributed by atoms with Crippen LogP contribution in [0.1, 0.15) is 56.3 Å². The van der Waals surface area contributed by atoms with Gasteiger partial charge >= 0.3 is 0 Å². The van der Waals surface area contributed by atoms with E-state index in [1.165, 1.54) is 12.1 Å². The summed E-state index contributed by atoms with van der Waals surface area (Å²) in [5, 5.41) is 0. The zero-order chi connectivity index (χ0) is 25.2. The van der Waals surface area contributed by atoms with Crippen LogP contribution in [0.4, 0.5) is 8.78 Å². The minimum Gasteiger partial charge on any atom is -0.327 e. The van der Waals surface area contributed by atoms with Crippen molar-refractivity contribution in [2.75, 3.05) is 13.1 Å². The van der Waals surface area contributed by atoms with E-state index in [0.717, 1.165) is 28.3 Å². The van der Waals surface area contributed by atoms with E-state index in [-0.39, 0.29) is 30.0 Å². The molecule has 34 heavy (non-hydrogen) atoms. The molecule has 1 aliphatic rings. The Bertz CT molecular complexity index is 1150. The lowest BCUT2D eigenvalue weighted by molar-refractivity contribution is -0.137. The second-order valence-corrected chi connectivity index (χ2v) is 9.54.